The average molecular weight is 688 g/mol. The van der Waals surface area contributed by atoms with Gasteiger partial charge in [0.1, 0.15) is 28.9 Å². The van der Waals surface area contributed by atoms with Crippen LogP contribution in [0.1, 0.15) is 98.6 Å². The van der Waals surface area contributed by atoms with Crippen molar-refractivity contribution in [3.63, 3.8) is 0 Å². The second kappa shape index (κ2) is 15.2. The van der Waals surface area contributed by atoms with Gasteiger partial charge in [-0.05, 0) is 109 Å². The fraction of sp³-hybridized carbons (Fsp3) is 0.500. The van der Waals surface area contributed by atoms with E-state index in [1.807, 2.05) is 90.1 Å². The molecular weight excluding hydrogens is 634 g/mol. The third-order valence-electron chi connectivity index (χ3n) is 8.55. The molecule has 0 spiro atoms. The van der Waals surface area contributed by atoms with E-state index < -0.39 is 35.0 Å². The normalized spacial score (nSPS) is 18.2. The molecule has 0 aromatic heterocycles. The highest BCUT2D eigenvalue weighted by Crippen LogP contribution is 2.60. The van der Waals surface area contributed by atoms with Crippen LogP contribution in [0.3, 0.4) is 0 Å². The molecule has 2 N–H and O–H groups in total. The lowest BCUT2D eigenvalue weighted by molar-refractivity contribution is 0.0624. The first-order chi connectivity index (χ1) is 23.8. The largest absolute Gasteiger partial charge is 0.493 e. The quantitative estimate of drug-likeness (QED) is 0.181. The summed E-state index contributed by atoms with van der Waals surface area (Å²) in [5, 5.41) is 5.84. The first-order valence-electron chi connectivity index (χ1n) is 17.8. The predicted molar refractivity (Wildman–Crippen MR) is 197 cm³/mol. The minimum absolute atomic E-state index is 0.490. The van der Waals surface area contributed by atoms with Crippen molar-refractivity contribution in [2.75, 3.05) is 35.4 Å². The first-order valence-corrected chi connectivity index (χ1v) is 17.8. The number of nitrogens with zero attached hydrogens (tertiary/aromatic N) is 1. The smallest absolute Gasteiger partial charge is 0.412 e. The summed E-state index contributed by atoms with van der Waals surface area (Å²) < 4.78 is 30.7. The molecule has 1 fully saturated rings. The Hall–Kier alpha value is -4.44. The standard InChI is InChI=1S/C40H53N3O7/c1-9-11-22-46-33-19-17-27(41-36(44)49-38(3,4)5)25-30(33)40-21-24-48-35(40)43(31-16-14-13-15-29(31)40)32-26-28(42-37(45)50-39(6,7)8)18-20-34(32)47-23-12-10-2/h13-20,25-26,35H,9-12,21-24H2,1-8H3,(H,41,44)(H,42,45)/t35-,40-/m1/s1. The lowest BCUT2D eigenvalue weighted by atomic mass is 9.73. The van der Waals surface area contributed by atoms with Crippen LogP contribution in [0.2, 0.25) is 0 Å². The molecule has 2 amide bonds. The molecule has 0 radical (unpaired) electrons. The van der Waals surface area contributed by atoms with Gasteiger partial charge in [0.15, 0.2) is 0 Å². The third-order valence-corrected chi connectivity index (χ3v) is 8.55. The maximum absolute atomic E-state index is 12.9. The van der Waals surface area contributed by atoms with Crippen molar-refractivity contribution >= 4 is 34.9 Å². The molecule has 2 aliphatic heterocycles. The highest BCUT2D eigenvalue weighted by molar-refractivity contribution is 5.89. The average Bonchev–Trinajstić information content (AvgIpc) is 3.57. The summed E-state index contributed by atoms with van der Waals surface area (Å²) in [5.41, 5.74) is 2.90. The molecule has 2 heterocycles. The summed E-state index contributed by atoms with van der Waals surface area (Å²) in [6, 6.07) is 19.7. The van der Waals surface area contributed by atoms with Crippen LogP contribution >= 0.6 is 0 Å². The number of anilines is 4. The maximum Gasteiger partial charge on any atom is 0.412 e. The first kappa shape index (κ1) is 36.8. The van der Waals surface area contributed by atoms with Gasteiger partial charge in [-0.15, -0.1) is 0 Å². The van der Waals surface area contributed by atoms with Crippen LogP contribution < -0.4 is 25.0 Å². The summed E-state index contributed by atoms with van der Waals surface area (Å²) in [6.45, 7) is 16.9. The van der Waals surface area contributed by atoms with Crippen molar-refractivity contribution in [1.82, 2.24) is 0 Å². The molecule has 2 atom stereocenters. The minimum Gasteiger partial charge on any atom is -0.493 e. The molecule has 5 rings (SSSR count). The minimum atomic E-state index is -0.668. The van der Waals surface area contributed by atoms with Gasteiger partial charge in [-0.3, -0.25) is 10.6 Å². The monoisotopic (exact) mass is 687 g/mol. The topological polar surface area (TPSA) is 108 Å². The Kier molecular flexibility index (Phi) is 11.2. The Morgan fingerprint density at radius 1 is 0.760 bits per heavy atom. The molecular formula is C40H53N3O7. The fourth-order valence-electron chi connectivity index (χ4n) is 6.50. The number of benzene rings is 3. The van der Waals surface area contributed by atoms with Gasteiger partial charge in [0.25, 0.3) is 0 Å². The fourth-order valence-corrected chi connectivity index (χ4v) is 6.50. The number of carbonyl (C=O) groups excluding carboxylic acids is 2. The van der Waals surface area contributed by atoms with Crippen LogP contribution in [-0.2, 0) is 19.6 Å². The summed E-state index contributed by atoms with van der Waals surface area (Å²) in [6.07, 6.45) is 2.90. The summed E-state index contributed by atoms with van der Waals surface area (Å²) >= 11 is 0. The number of unbranched alkanes of at least 4 members (excludes halogenated alkanes) is 2. The van der Waals surface area contributed by atoms with Crippen molar-refractivity contribution in [1.29, 1.82) is 0 Å². The number of hydrogen-bond donors (Lipinski definition) is 2. The number of hydrogen-bond acceptors (Lipinski definition) is 8. The summed E-state index contributed by atoms with van der Waals surface area (Å²) in [7, 11) is 0. The lowest BCUT2D eigenvalue weighted by Gasteiger charge is -2.35. The van der Waals surface area contributed by atoms with Crippen LogP contribution in [0.15, 0.2) is 60.7 Å². The maximum atomic E-state index is 12.9. The van der Waals surface area contributed by atoms with Crippen molar-refractivity contribution in [2.45, 2.75) is 110 Å². The second-order valence-electron chi connectivity index (χ2n) is 14.9. The number of para-hydroxylation sites is 1. The molecule has 1 saturated heterocycles. The number of carbonyl (C=O) groups is 2. The van der Waals surface area contributed by atoms with Crippen LogP contribution in [0.25, 0.3) is 0 Å². The van der Waals surface area contributed by atoms with Crippen molar-refractivity contribution in [2.24, 2.45) is 0 Å². The molecule has 3 aromatic rings. The predicted octanol–water partition coefficient (Wildman–Crippen LogP) is 9.92. The van der Waals surface area contributed by atoms with E-state index in [0.717, 1.165) is 53.9 Å². The molecule has 10 heteroatoms. The summed E-state index contributed by atoms with van der Waals surface area (Å²) in [4.78, 5) is 27.9. The van der Waals surface area contributed by atoms with Gasteiger partial charge >= 0.3 is 12.2 Å². The van der Waals surface area contributed by atoms with Gasteiger partial charge in [-0.2, -0.15) is 0 Å². The summed E-state index contributed by atoms with van der Waals surface area (Å²) in [5.74, 6) is 1.41. The van der Waals surface area contributed by atoms with E-state index in [9.17, 15) is 9.59 Å². The van der Waals surface area contributed by atoms with Crippen molar-refractivity contribution in [3.05, 3.63) is 71.8 Å². The number of amides is 2. The SMILES string of the molecule is CCCCOc1ccc(NC(=O)OC(C)(C)C)cc1N1c2ccccc2[C@@]2(c3cc(NC(=O)OC(C)(C)C)ccc3OCCCC)CCO[C@@H]12. The Morgan fingerprint density at radius 2 is 1.32 bits per heavy atom. The van der Waals surface area contributed by atoms with Gasteiger partial charge in [-0.25, -0.2) is 9.59 Å². The highest BCUT2D eigenvalue weighted by Gasteiger charge is 2.58. The molecule has 50 heavy (non-hydrogen) atoms. The third kappa shape index (κ3) is 8.29. The van der Waals surface area contributed by atoms with Gasteiger partial charge in [0.2, 0.25) is 0 Å². The van der Waals surface area contributed by atoms with E-state index in [1.54, 1.807) is 0 Å². The molecule has 2 aliphatic rings. The van der Waals surface area contributed by atoms with Crippen molar-refractivity contribution < 1.29 is 33.3 Å². The zero-order valence-corrected chi connectivity index (χ0v) is 30.8. The number of ether oxygens (including phenoxy) is 5. The number of rotatable bonds is 12. The van der Waals surface area contributed by atoms with E-state index in [-0.39, 0.29) is 0 Å². The van der Waals surface area contributed by atoms with Crippen LogP contribution in [-0.4, -0.2) is 49.4 Å². The number of fused-ring (bicyclic) bond motifs is 3. The van der Waals surface area contributed by atoms with Gasteiger partial charge < -0.3 is 28.6 Å². The lowest BCUT2D eigenvalue weighted by Crippen LogP contribution is -2.41. The van der Waals surface area contributed by atoms with E-state index >= 15 is 0 Å². The molecule has 3 aromatic carbocycles. The van der Waals surface area contributed by atoms with Gasteiger partial charge in [0, 0.05) is 22.6 Å². The van der Waals surface area contributed by atoms with Gasteiger partial charge in [0.05, 0.1) is 30.9 Å². The highest BCUT2D eigenvalue weighted by atomic mass is 16.6. The number of nitrogens with one attached hydrogen (secondary N) is 2. The zero-order chi connectivity index (χ0) is 36.1. The Labute approximate surface area is 296 Å². The zero-order valence-electron chi connectivity index (χ0n) is 30.8. The molecule has 0 bridgehead atoms. The van der Waals surface area contributed by atoms with E-state index in [0.29, 0.717) is 43.4 Å². The second-order valence-corrected chi connectivity index (χ2v) is 14.9. The Bertz CT molecular complexity index is 1660. The molecule has 0 saturated carbocycles. The van der Waals surface area contributed by atoms with E-state index in [4.69, 9.17) is 23.7 Å². The van der Waals surface area contributed by atoms with Crippen LogP contribution in [0.4, 0.5) is 32.3 Å². The van der Waals surface area contributed by atoms with Gasteiger partial charge in [-0.1, -0.05) is 44.9 Å². The van der Waals surface area contributed by atoms with E-state index in [2.05, 4.69) is 41.5 Å². The Morgan fingerprint density at radius 3 is 1.92 bits per heavy atom. The molecule has 0 unspecified atom stereocenters. The van der Waals surface area contributed by atoms with E-state index in [1.165, 1.54) is 0 Å². The van der Waals surface area contributed by atoms with Crippen LogP contribution in [0, 0.1) is 0 Å². The Balaban J connectivity index is 1.63. The molecule has 0 aliphatic carbocycles. The molecule has 270 valence electrons. The van der Waals surface area contributed by atoms with Crippen LogP contribution in [0.5, 0.6) is 11.5 Å². The van der Waals surface area contributed by atoms with Crippen molar-refractivity contribution in [3.8, 4) is 11.5 Å². The molecule has 10 nitrogen and oxygen atoms in total.